The Morgan fingerprint density at radius 1 is 1.06 bits per heavy atom. The maximum absolute atomic E-state index is 14.1. The van der Waals surface area contributed by atoms with Crippen LogP contribution in [-0.4, -0.2) is 102 Å². The van der Waals surface area contributed by atoms with Crippen molar-refractivity contribution in [3.05, 3.63) is 54.4 Å². The number of ether oxygens (including phenoxy) is 2. The first-order valence-electron chi connectivity index (χ1n) is 17.4. The lowest BCUT2D eigenvalue weighted by molar-refractivity contribution is -0.146. The summed E-state index contributed by atoms with van der Waals surface area (Å²) in [6.07, 6.45) is 4.78. The van der Waals surface area contributed by atoms with Crippen molar-refractivity contribution in [1.29, 1.82) is 5.26 Å². The number of likely N-dealkylation sites (N-methyl/N-ethyl adjacent to an activating group) is 1. The summed E-state index contributed by atoms with van der Waals surface area (Å²) in [7, 11) is 4.90. The number of nitriles is 1. The van der Waals surface area contributed by atoms with Crippen LogP contribution in [0.4, 0.5) is 5.95 Å². The highest BCUT2D eigenvalue weighted by atomic mass is 16.5. The molecule has 49 heavy (non-hydrogen) atoms. The fraction of sp³-hybridized carbons (Fsp3) is 0.622. The number of methoxy groups -OCH3 is 2. The van der Waals surface area contributed by atoms with Gasteiger partial charge >= 0.3 is 0 Å². The summed E-state index contributed by atoms with van der Waals surface area (Å²) in [6.45, 7) is 10.4. The van der Waals surface area contributed by atoms with Gasteiger partial charge in [-0.1, -0.05) is 71.4 Å². The van der Waals surface area contributed by atoms with E-state index in [0.717, 1.165) is 18.4 Å². The molecule has 1 aliphatic heterocycles. The van der Waals surface area contributed by atoms with Gasteiger partial charge in [0.05, 0.1) is 42.7 Å². The number of benzene rings is 1. The first-order valence-corrected chi connectivity index (χ1v) is 17.4. The van der Waals surface area contributed by atoms with Gasteiger partial charge in [-0.3, -0.25) is 14.4 Å². The number of nitrogens with one attached hydrogen (secondary N) is 2. The number of carbonyl (C=O) groups excluding carboxylic acids is 3. The van der Waals surface area contributed by atoms with E-state index < -0.39 is 30.2 Å². The molecular formula is C37H55N7O5. The second-order valence-electron chi connectivity index (χ2n) is 13.4. The van der Waals surface area contributed by atoms with Crippen LogP contribution in [0.1, 0.15) is 65.9 Å². The van der Waals surface area contributed by atoms with Gasteiger partial charge in [-0.2, -0.15) is 5.26 Å². The minimum Gasteiger partial charge on any atom is -0.379 e. The summed E-state index contributed by atoms with van der Waals surface area (Å²) < 4.78 is 11.9. The highest BCUT2D eigenvalue weighted by molar-refractivity contribution is 5.85. The second kappa shape index (κ2) is 19.2. The number of likely N-dealkylation sites (tertiary alicyclic amines) is 1. The van der Waals surface area contributed by atoms with Gasteiger partial charge in [0.2, 0.25) is 23.7 Å². The molecule has 2 heterocycles. The number of nitrogens with zero attached hydrogens (tertiary/aromatic N) is 5. The van der Waals surface area contributed by atoms with Crippen LogP contribution >= 0.6 is 0 Å². The Hall–Kier alpha value is -4.08. The quantitative estimate of drug-likeness (QED) is 0.238. The average Bonchev–Trinajstić information content (AvgIpc) is 3.60. The van der Waals surface area contributed by atoms with Crippen LogP contribution < -0.4 is 10.6 Å². The molecule has 268 valence electrons. The Morgan fingerprint density at radius 3 is 2.31 bits per heavy atom. The van der Waals surface area contributed by atoms with Gasteiger partial charge in [-0.15, -0.1) is 0 Å². The zero-order valence-electron chi connectivity index (χ0n) is 30.3. The van der Waals surface area contributed by atoms with Crippen LogP contribution in [0.3, 0.4) is 0 Å². The first-order chi connectivity index (χ1) is 23.5. The number of aromatic nitrogens is 2. The molecule has 1 aromatic heterocycles. The summed E-state index contributed by atoms with van der Waals surface area (Å²) in [5.74, 6) is -0.820. The predicted molar refractivity (Wildman–Crippen MR) is 188 cm³/mol. The Kier molecular flexibility index (Phi) is 15.4. The third kappa shape index (κ3) is 10.5. The third-order valence-electron chi connectivity index (χ3n) is 9.80. The normalized spacial score (nSPS) is 18.8. The molecule has 2 aromatic rings. The van der Waals surface area contributed by atoms with E-state index in [1.165, 1.54) is 0 Å². The SMILES string of the molecule is CC[C@H](C)[C@@H]([C@H](CC(=O)N1CCC[C@H]1[C@H](OC)[C@@H](C)C(=O)N[C@H](C#N)Cc1ccccc1)OC)N(C)C(=O)[C@@H](Nc1ncccn1)C(C)C. The maximum Gasteiger partial charge on any atom is 0.245 e. The molecule has 1 aliphatic rings. The lowest BCUT2D eigenvalue weighted by Gasteiger charge is -2.40. The van der Waals surface area contributed by atoms with Gasteiger partial charge in [0.1, 0.15) is 12.1 Å². The van der Waals surface area contributed by atoms with Gasteiger partial charge < -0.3 is 29.9 Å². The molecule has 0 saturated carbocycles. The summed E-state index contributed by atoms with van der Waals surface area (Å²) in [5.41, 5.74) is 0.954. The number of amides is 3. The molecule has 0 radical (unpaired) electrons. The molecule has 1 saturated heterocycles. The molecule has 1 aromatic carbocycles. The second-order valence-corrected chi connectivity index (χ2v) is 13.4. The lowest BCUT2D eigenvalue weighted by atomic mass is 9.89. The van der Waals surface area contributed by atoms with E-state index in [-0.39, 0.29) is 48.1 Å². The van der Waals surface area contributed by atoms with Crippen LogP contribution in [0.15, 0.2) is 48.8 Å². The van der Waals surface area contributed by atoms with Crippen molar-refractivity contribution >= 4 is 23.7 Å². The summed E-state index contributed by atoms with van der Waals surface area (Å²) in [5, 5.41) is 15.8. The number of anilines is 1. The Balaban J connectivity index is 1.75. The fourth-order valence-corrected chi connectivity index (χ4v) is 6.83. The van der Waals surface area contributed by atoms with Crippen molar-refractivity contribution in [2.24, 2.45) is 17.8 Å². The van der Waals surface area contributed by atoms with E-state index in [2.05, 4.69) is 40.5 Å². The fourth-order valence-electron chi connectivity index (χ4n) is 6.83. The van der Waals surface area contributed by atoms with E-state index in [4.69, 9.17) is 9.47 Å². The molecular weight excluding hydrogens is 622 g/mol. The molecule has 3 rings (SSSR count). The van der Waals surface area contributed by atoms with Crippen molar-refractivity contribution in [2.45, 2.75) is 103 Å². The first kappa shape index (κ1) is 39.4. The van der Waals surface area contributed by atoms with Gasteiger partial charge in [-0.25, -0.2) is 9.97 Å². The molecule has 2 N–H and O–H groups in total. The Bertz CT molecular complexity index is 1370. The summed E-state index contributed by atoms with van der Waals surface area (Å²) in [4.78, 5) is 53.5. The van der Waals surface area contributed by atoms with Gasteiger partial charge in [0.15, 0.2) is 0 Å². The van der Waals surface area contributed by atoms with Crippen LogP contribution in [0, 0.1) is 29.1 Å². The van der Waals surface area contributed by atoms with Crippen LogP contribution in [-0.2, 0) is 30.3 Å². The minimum absolute atomic E-state index is 0.0290. The average molecular weight is 678 g/mol. The van der Waals surface area contributed by atoms with Crippen LogP contribution in [0.2, 0.25) is 0 Å². The molecule has 1 fully saturated rings. The largest absolute Gasteiger partial charge is 0.379 e. The molecule has 3 amide bonds. The Labute approximate surface area is 291 Å². The number of hydrogen-bond acceptors (Lipinski definition) is 9. The molecule has 12 heteroatoms. The van der Waals surface area contributed by atoms with Gasteiger partial charge in [0, 0.05) is 46.6 Å². The molecule has 0 aliphatic carbocycles. The molecule has 0 unspecified atom stereocenters. The van der Waals surface area contributed by atoms with Crippen molar-refractivity contribution in [3.63, 3.8) is 0 Å². The topological polar surface area (TPSA) is 150 Å². The molecule has 0 bridgehead atoms. The third-order valence-corrected chi connectivity index (χ3v) is 9.80. The number of carbonyl (C=O) groups is 3. The molecule has 0 spiro atoms. The monoisotopic (exact) mass is 677 g/mol. The van der Waals surface area contributed by atoms with E-state index in [0.29, 0.717) is 25.3 Å². The maximum atomic E-state index is 14.1. The van der Waals surface area contributed by atoms with Crippen molar-refractivity contribution in [2.75, 3.05) is 33.1 Å². The summed E-state index contributed by atoms with van der Waals surface area (Å²) >= 11 is 0. The zero-order chi connectivity index (χ0) is 36.1. The lowest BCUT2D eigenvalue weighted by Crippen LogP contribution is -2.56. The molecule has 8 atom stereocenters. The van der Waals surface area contributed by atoms with E-state index in [1.54, 1.807) is 56.5 Å². The summed E-state index contributed by atoms with van der Waals surface area (Å²) in [6, 6.07) is 11.5. The zero-order valence-corrected chi connectivity index (χ0v) is 30.3. The Morgan fingerprint density at radius 2 is 1.73 bits per heavy atom. The van der Waals surface area contributed by atoms with Crippen molar-refractivity contribution in [1.82, 2.24) is 25.1 Å². The van der Waals surface area contributed by atoms with E-state index >= 15 is 0 Å². The minimum atomic E-state index is -0.693. The van der Waals surface area contributed by atoms with Crippen molar-refractivity contribution in [3.8, 4) is 6.07 Å². The van der Waals surface area contributed by atoms with Crippen LogP contribution in [0.25, 0.3) is 0 Å². The van der Waals surface area contributed by atoms with Crippen LogP contribution in [0.5, 0.6) is 0 Å². The van der Waals surface area contributed by atoms with E-state index in [9.17, 15) is 19.6 Å². The highest BCUT2D eigenvalue weighted by Gasteiger charge is 2.43. The standard InChI is InChI=1S/C37H55N7O5/c1-9-25(4)33(43(6)36(47)32(24(2)3)42-37-39-18-14-19-40-37)30(48-7)22-31(45)44-20-13-17-29(44)34(49-8)26(5)35(46)41-28(23-38)21-27-15-11-10-12-16-27/h10-12,14-16,18-19,24-26,28-30,32-34H,9,13,17,20-22H2,1-8H3,(H,41,46)(H,39,40,42)/t25-,26+,28-,29-,30-,32-,33-,34+/m0/s1. The molecule has 12 nitrogen and oxygen atoms in total. The van der Waals surface area contributed by atoms with Crippen molar-refractivity contribution < 1.29 is 23.9 Å². The van der Waals surface area contributed by atoms with E-state index in [1.807, 2.05) is 44.2 Å². The highest BCUT2D eigenvalue weighted by Crippen LogP contribution is 2.30. The van der Waals surface area contributed by atoms with Gasteiger partial charge in [-0.05, 0) is 36.3 Å². The smallest absolute Gasteiger partial charge is 0.245 e. The number of rotatable bonds is 18. The van der Waals surface area contributed by atoms with Gasteiger partial charge in [0.25, 0.3) is 0 Å². The predicted octanol–water partition coefficient (Wildman–Crippen LogP) is 4.08. The number of hydrogen-bond donors (Lipinski definition) is 2.